The largest absolute Gasteiger partial charge is 0.497 e. The molecule has 0 bridgehead atoms. The minimum Gasteiger partial charge on any atom is -0.497 e. The van der Waals surface area contributed by atoms with E-state index >= 15 is 0 Å². The average molecular weight is 322 g/mol. The molecule has 0 saturated heterocycles. The molecule has 0 aromatic heterocycles. The van der Waals surface area contributed by atoms with Crippen molar-refractivity contribution in [1.82, 2.24) is 10.6 Å². The van der Waals surface area contributed by atoms with Crippen LogP contribution in [0, 0.1) is 0 Å². The standard InChI is InChI=1S/C19H18N2OS/c1-22-14-7-4-6-13(11-14)17-16-10-9-12-5-2-3-8-15(12)18(16)21-19(23)20-17/h2-8,11,17H,9-10H2,1H3,(H2,20,21,23)/t17-/m0/s1. The topological polar surface area (TPSA) is 33.3 Å². The molecule has 4 rings (SSSR count). The molecule has 1 heterocycles. The molecule has 1 aliphatic carbocycles. The van der Waals surface area contributed by atoms with E-state index in [4.69, 9.17) is 17.0 Å². The van der Waals surface area contributed by atoms with Gasteiger partial charge in [0.1, 0.15) is 5.75 Å². The van der Waals surface area contributed by atoms with Crippen molar-refractivity contribution < 1.29 is 4.74 Å². The van der Waals surface area contributed by atoms with Crippen molar-refractivity contribution in [3.8, 4) is 5.75 Å². The van der Waals surface area contributed by atoms with Crippen LogP contribution < -0.4 is 15.4 Å². The van der Waals surface area contributed by atoms with E-state index in [1.165, 1.54) is 28.0 Å². The van der Waals surface area contributed by atoms with Gasteiger partial charge >= 0.3 is 0 Å². The van der Waals surface area contributed by atoms with Crippen molar-refractivity contribution in [2.45, 2.75) is 18.9 Å². The van der Waals surface area contributed by atoms with Crippen molar-refractivity contribution in [2.75, 3.05) is 7.11 Å². The molecule has 116 valence electrons. The molecule has 2 aromatic carbocycles. The zero-order chi connectivity index (χ0) is 15.8. The number of fused-ring (bicyclic) bond motifs is 2. The second-order valence-corrected chi connectivity index (χ2v) is 6.27. The first-order valence-electron chi connectivity index (χ1n) is 7.79. The van der Waals surface area contributed by atoms with Crippen molar-refractivity contribution in [2.24, 2.45) is 0 Å². The van der Waals surface area contributed by atoms with Gasteiger partial charge in [-0.1, -0.05) is 36.4 Å². The number of thiocarbonyl (C=S) groups is 1. The Morgan fingerprint density at radius 1 is 1.09 bits per heavy atom. The zero-order valence-corrected chi connectivity index (χ0v) is 13.7. The Bertz CT molecular complexity index is 813. The van der Waals surface area contributed by atoms with Crippen LogP contribution in [0.15, 0.2) is 54.1 Å². The molecule has 3 nitrogen and oxygen atoms in total. The third kappa shape index (κ3) is 2.49. The molecule has 0 radical (unpaired) electrons. The molecular formula is C19H18N2OS. The van der Waals surface area contributed by atoms with E-state index in [-0.39, 0.29) is 6.04 Å². The number of methoxy groups -OCH3 is 1. The highest BCUT2D eigenvalue weighted by atomic mass is 32.1. The van der Waals surface area contributed by atoms with Gasteiger partial charge in [-0.3, -0.25) is 0 Å². The summed E-state index contributed by atoms with van der Waals surface area (Å²) in [5.74, 6) is 0.868. The smallest absolute Gasteiger partial charge is 0.171 e. The molecule has 0 saturated carbocycles. The van der Waals surface area contributed by atoms with Gasteiger partial charge < -0.3 is 15.4 Å². The fraction of sp³-hybridized carbons (Fsp3) is 0.211. The maximum Gasteiger partial charge on any atom is 0.171 e. The van der Waals surface area contributed by atoms with Gasteiger partial charge in [0.05, 0.1) is 13.2 Å². The number of aryl methyl sites for hydroxylation is 1. The summed E-state index contributed by atoms with van der Waals surface area (Å²) in [4.78, 5) is 0. The molecule has 0 spiro atoms. The highest BCUT2D eigenvalue weighted by Crippen LogP contribution is 2.39. The fourth-order valence-corrected chi connectivity index (χ4v) is 3.68. The molecule has 2 N–H and O–H groups in total. The molecule has 0 fully saturated rings. The van der Waals surface area contributed by atoms with Crippen LogP contribution in [-0.4, -0.2) is 12.2 Å². The quantitative estimate of drug-likeness (QED) is 0.828. The summed E-state index contributed by atoms with van der Waals surface area (Å²) in [5, 5.41) is 7.47. The average Bonchev–Trinajstić information content (AvgIpc) is 2.61. The molecule has 2 aliphatic rings. The van der Waals surface area contributed by atoms with Gasteiger partial charge in [-0.25, -0.2) is 0 Å². The van der Waals surface area contributed by atoms with Crippen LogP contribution in [0.5, 0.6) is 5.75 Å². The maximum atomic E-state index is 5.45. The van der Waals surface area contributed by atoms with Crippen LogP contribution in [-0.2, 0) is 6.42 Å². The second kappa shape index (κ2) is 5.70. The number of hydrogen-bond donors (Lipinski definition) is 2. The number of rotatable bonds is 2. The Kier molecular flexibility index (Phi) is 3.54. The lowest BCUT2D eigenvalue weighted by molar-refractivity contribution is 0.414. The predicted octanol–water partition coefficient (Wildman–Crippen LogP) is 3.57. The van der Waals surface area contributed by atoms with E-state index in [0.717, 1.165) is 18.6 Å². The van der Waals surface area contributed by atoms with E-state index in [1.54, 1.807) is 7.11 Å². The van der Waals surface area contributed by atoms with Gasteiger partial charge in [0.2, 0.25) is 0 Å². The van der Waals surface area contributed by atoms with Gasteiger partial charge in [0.15, 0.2) is 5.11 Å². The van der Waals surface area contributed by atoms with Gasteiger partial charge in [-0.2, -0.15) is 0 Å². The van der Waals surface area contributed by atoms with Crippen molar-refractivity contribution >= 4 is 23.0 Å². The Hall–Kier alpha value is -2.33. The summed E-state index contributed by atoms with van der Waals surface area (Å²) in [6.45, 7) is 0. The van der Waals surface area contributed by atoms with E-state index < -0.39 is 0 Å². The monoisotopic (exact) mass is 322 g/mol. The normalized spacial score (nSPS) is 19.3. The molecule has 4 heteroatoms. The summed E-state index contributed by atoms with van der Waals surface area (Å²) in [7, 11) is 1.70. The Morgan fingerprint density at radius 3 is 2.83 bits per heavy atom. The van der Waals surface area contributed by atoms with Crippen LogP contribution in [0.3, 0.4) is 0 Å². The Labute approximate surface area is 141 Å². The van der Waals surface area contributed by atoms with Gasteiger partial charge in [0, 0.05) is 11.3 Å². The third-order valence-electron chi connectivity index (χ3n) is 4.56. The Morgan fingerprint density at radius 2 is 1.96 bits per heavy atom. The number of hydrogen-bond acceptors (Lipinski definition) is 2. The summed E-state index contributed by atoms with van der Waals surface area (Å²) < 4.78 is 5.37. The van der Waals surface area contributed by atoms with Gasteiger partial charge in [0.25, 0.3) is 0 Å². The van der Waals surface area contributed by atoms with E-state index in [0.29, 0.717) is 5.11 Å². The SMILES string of the molecule is COc1cccc([C@@H]2NC(=S)NC3=C2CCc2ccccc23)c1. The molecule has 23 heavy (non-hydrogen) atoms. The van der Waals surface area contributed by atoms with E-state index in [9.17, 15) is 0 Å². The number of benzene rings is 2. The Balaban J connectivity index is 1.83. The highest BCUT2D eigenvalue weighted by molar-refractivity contribution is 7.80. The molecule has 1 aliphatic heterocycles. The summed E-state index contributed by atoms with van der Waals surface area (Å²) in [6, 6.07) is 16.9. The van der Waals surface area contributed by atoms with E-state index in [2.05, 4.69) is 47.0 Å². The molecule has 2 aromatic rings. The second-order valence-electron chi connectivity index (χ2n) is 5.87. The van der Waals surface area contributed by atoms with Gasteiger partial charge in [-0.05, 0) is 53.9 Å². The minimum atomic E-state index is 0.0993. The maximum absolute atomic E-state index is 5.45. The first-order valence-corrected chi connectivity index (χ1v) is 8.20. The summed E-state index contributed by atoms with van der Waals surface area (Å²) >= 11 is 5.45. The molecule has 1 atom stereocenters. The van der Waals surface area contributed by atoms with Crippen molar-refractivity contribution in [3.05, 3.63) is 70.8 Å². The predicted molar refractivity (Wildman–Crippen MR) is 96.3 cm³/mol. The minimum absolute atomic E-state index is 0.0993. The third-order valence-corrected chi connectivity index (χ3v) is 4.78. The number of ether oxygens (including phenoxy) is 1. The van der Waals surface area contributed by atoms with Crippen LogP contribution in [0.2, 0.25) is 0 Å². The highest BCUT2D eigenvalue weighted by Gasteiger charge is 2.30. The lowest BCUT2D eigenvalue weighted by Crippen LogP contribution is -2.44. The van der Waals surface area contributed by atoms with Crippen molar-refractivity contribution in [1.29, 1.82) is 0 Å². The molecule has 0 amide bonds. The fourth-order valence-electron chi connectivity index (χ4n) is 3.46. The first kappa shape index (κ1) is 14.3. The molecule has 0 unspecified atom stereocenters. The lowest BCUT2D eigenvalue weighted by atomic mass is 9.83. The lowest BCUT2D eigenvalue weighted by Gasteiger charge is -2.35. The first-order chi connectivity index (χ1) is 11.3. The summed E-state index contributed by atoms with van der Waals surface area (Å²) in [6.07, 6.45) is 2.09. The van der Waals surface area contributed by atoms with Crippen LogP contribution in [0.4, 0.5) is 0 Å². The van der Waals surface area contributed by atoms with Crippen molar-refractivity contribution in [3.63, 3.8) is 0 Å². The van der Waals surface area contributed by atoms with Gasteiger partial charge in [-0.15, -0.1) is 0 Å². The van der Waals surface area contributed by atoms with Crippen LogP contribution in [0.25, 0.3) is 5.70 Å². The zero-order valence-electron chi connectivity index (χ0n) is 12.9. The summed E-state index contributed by atoms with van der Waals surface area (Å²) in [5.41, 5.74) is 6.37. The number of nitrogens with one attached hydrogen (secondary N) is 2. The van der Waals surface area contributed by atoms with E-state index in [1.807, 2.05) is 12.1 Å². The van der Waals surface area contributed by atoms with Crippen LogP contribution >= 0.6 is 12.2 Å². The molecular weight excluding hydrogens is 304 g/mol. The van der Waals surface area contributed by atoms with Crippen LogP contribution in [0.1, 0.15) is 29.2 Å².